The Morgan fingerprint density at radius 1 is 1.41 bits per heavy atom. The van der Waals surface area contributed by atoms with E-state index in [-0.39, 0.29) is 12.0 Å². The number of anilines is 1. The molecular weight excluding hydrogens is 214 g/mol. The molecule has 1 aliphatic heterocycles. The van der Waals surface area contributed by atoms with Crippen LogP contribution in [0.5, 0.6) is 0 Å². The average Bonchev–Trinajstić information content (AvgIpc) is 3.09. The van der Waals surface area contributed by atoms with Gasteiger partial charge < -0.3 is 9.64 Å². The average molecular weight is 231 g/mol. The van der Waals surface area contributed by atoms with Gasteiger partial charge in [0.1, 0.15) is 6.04 Å². The minimum absolute atomic E-state index is 0.0735. The number of para-hydroxylation sites is 1. The highest BCUT2D eigenvalue weighted by molar-refractivity contribution is 5.84. The zero-order valence-corrected chi connectivity index (χ0v) is 10.1. The minimum Gasteiger partial charge on any atom is -0.464 e. The summed E-state index contributed by atoms with van der Waals surface area (Å²) in [6.45, 7) is 2.33. The normalized spacial score (nSPS) is 22.4. The molecule has 1 aliphatic carbocycles. The lowest BCUT2D eigenvalue weighted by Gasteiger charge is -2.25. The van der Waals surface area contributed by atoms with Crippen LogP contribution in [0.4, 0.5) is 5.69 Å². The van der Waals surface area contributed by atoms with Gasteiger partial charge in [0.05, 0.1) is 6.61 Å². The summed E-state index contributed by atoms with van der Waals surface area (Å²) < 4.78 is 5.18. The predicted octanol–water partition coefficient (Wildman–Crippen LogP) is 2.14. The number of ether oxygens (including phenoxy) is 1. The smallest absolute Gasteiger partial charge is 0.329 e. The number of carbonyl (C=O) groups excluding carboxylic acids is 1. The molecule has 1 unspecified atom stereocenters. The molecule has 0 spiro atoms. The Morgan fingerprint density at radius 2 is 2.18 bits per heavy atom. The highest BCUT2D eigenvalue weighted by Crippen LogP contribution is 2.41. The first-order valence-electron chi connectivity index (χ1n) is 6.34. The Kier molecular flexibility index (Phi) is 2.54. The number of nitrogens with zero attached hydrogens (tertiary/aromatic N) is 1. The molecule has 1 saturated carbocycles. The van der Waals surface area contributed by atoms with Crippen molar-refractivity contribution in [2.75, 3.05) is 11.5 Å². The van der Waals surface area contributed by atoms with Crippen LogP contribution in [0, 0.1) is 0 Å². The maximum absolute atomic E-state index is 12.0. The van der Waals surface area contributed by atoms with Crippen LogP contribution in [-0.4, -0.2) is 24.7 Å². The fraction of sp³-hybridized carbons (Fsp3) is 0.500. The van der Waals surface area contributed by atoms with E-state index in [9.17, 15) is 4.79 Å². The molecule has 1 fully saturated rings. The van der Waals surface area contributed by atoms with Gasteiger partial charge >= 0.3 is 5.97 Å². The minimum atomic E-state index is -0.0974. The van der Waals surface area contributed by atoms with Gasteiger partial charge in [-0.05, 0) is 31.4 Å². The monoisotopic (exact) mass is 231 g/mol. The molecule has 1 aromatic carbocycles. The first-order valence-corrected chi connectivity index (χ1v) is 6.34. The number of hydrogen-bond donors (Lipinski definition) is 0. The Bertz CT molecular complexity index is 440. The third-order valence-corrected chi connectivity index (χ3v) is 3.52. The second-order valence-electron chi connectivity index (χ2n) is 4.74. The molecular formula is C14H17NO2. The Balaban J connectivity index is 1.90. The second kappa shape index (κ2) is 4.06. The molecule has 0 saturated heterocycles. The summed E-state index contributed by atoms with van der Waals surface area (Å²) in [4.78, 5) is 14.3. The maximum atomic E-state index is 12.0. The lowest BCUT2D eigenvalue weighted by atomic mass is 10.1. The van der Waals surface area contributed by atoms with Crippen LogP contribution in [0.2, 0.25) is 0 Å². The van der Waals surface area contributed by atoms with Crippen LogP contribution in [0.1, 0.15) is 25.3 Å². The van der Waals surface area contributed by atoms with E-state index in [1.54, 1.807) is 0 Å². The Labute approximate surface area is 101 Å². The lowest BCUT2D eigenvalue weighted by Crippen LogP contribution is -2.41. The van der Waals surface area contributed by atoms with Gasteiger partial charge in [-0.2, -0.15) is 0 Å². The van der Waals surface area contributed by atoms with E-state index in [1.807, 2.05) is 19.1 Å². The summed E-state index contributed by atoms with van der Waals surface area (Å²) in [6, 6.07) is 8.77. The molecule has 3 nitrogen and oxygen atoms in total. The molecule has 1 heterocycles. The fourth-order valence-electron chi connectivity index (χ4n) is 2.65. The van der Waals surface area contributed by atoms with Crippen molar-refractivity contribution in [3.8, 4) is 0 Å². The van der Waals surface area contributed by atoms with Crippen LogP contribution in [0.15, 0.2) is 24.3 Å². The molecule has 1 atom stereocenters. The first-order chi connectivity index (χ1) is 8.31. The number of rotatable bonds is 3. The van der Waals surface area contributed by atoms with Crippen LogP contribution in [0.3, 0.4) is 0 Å². The van der Waals surface area contributed by atoms with E-state index in [0.29, 0.717) is 12.6 Å². The van der Waals surface area contributed by atoms with Gasteiger partial charge in [-0.1, -0.05) is 18.2 Å². The van der Waals surface area contributed by atoms with Crippen LogP contribution in [-0.2, 0) is 16.0 Å². The van der Waals surface area contributed by atoms with Crippen molar-refractivity contribution in [1.82, 2.24) is 0 Å². The number of fused-ring (bicyclic) bond motifs is 1. The third kappa shape index (κ3) is 1.79. The van der Waals surface area contributed by atoms with E-state index in [1.165, 1.54) is 24.1 Å². The van der Waals surface area contributed by atoms with Gasteiger partial charge in [0, 0.05) is 18.2 Å². The molecule has 17 heavy (non-hydrogen) atoms. The topological polar surface area (TPSA) is 29.5 Å². The molecule has 1 aromatic rings. The molecule has 0 amide bonds. The van der Waals surface area contributed by atoms with E-state index in [2.05, 4.69) is 17.0 Å². The van der Waals surface area contributed by atoms with Crippen molar-refractivity contribution in [3.05, 3.63) is 29.8 Å². The molecule has 0 radical (unpaired) electrons. The highest BCUT2D eigenvalue weighted by Gasteiger charge is 2.43. The van der Waals surface area contributed by atoms with Crippen molar-refractivity contribution in [2.45, 2.75) is 38.3 Å². The van der Waals surface area contributed by atoms with E-state index in [4.69, 9.17) is 4.74 Å². The lowest BCUT2D eigenvalue weighted by molar-refractivity contribution is -0.144. The summed E-state index contributed by atoms with van der Waals surface area (Å²) in [5, 5.41) is 0. The summed E-state index contributed by atoms with van der Waals surface area (Å²) in [5.41, 5.74) is 2.51. The molecule has 3 heteroatoms. The summed E-state index contributed by atoms with van der Waals surface area (Å²) in [5.74, 6) is -0.0735. The first kappa shape index (κ1) is 10.6. The zero-order valence-electron chi connectivity index (χ0n) is 10.1. The van der Waals surface area contributed by atoms with E-state index < -0.39 is 0 Å². The van der Waals surface area contributed by atoms with E-state index in [0.717, 1.165) is 6.42 Å². The van der Waals surface area contributed by atoms with Gasteiger partial charge in [-0.25, -0.2) is 4.79 Å². The van der Waals surface area contributed by atoms with Gasteiger partial charge in [0.15, 0.2) is 0 Å². The number of carbonyl (C=O) groups is 1. The van der Waals surface area contributed by atoms with Crippen molar-refractivity contribution < 1.29 is 9.53 Å². The maximum Gasteiger partial charge on any atom is 0.329 e. The van der Waals surface area contributed by atoms with E-state index >= 15 is 0 Å². The van der Waals surface area contributed by atoms with Crippen LogP contribution >= 0.6 is 0 Å². The second-order valence-corrected chi connectivity index (χ2v) is 4.74. The van der Waals surface area contributed by atoms with Crippen molar-refractivity contribution in [3.63, 3.8) is 0 Å². The molecule has 0 aromatic heterocycles. The molecule has 0 N–H and O–H groups in total. The number of benzene rings is 1. The number of esters is 1. The molecule has 2 aliphatic rings. The van der Waals surface area contributed by atoms with Gasteiger partial charge in [-0.15, -0.1) is 0 Å². The predicted molar refractivity (Wildman–Crippen MR) is 66.1 cm³/mol. The summed E-state index contributed by atoms with van der Waals surface area (Å²) in [7, 11) is 0. The zero-order chi connectivity index (χ0) is 11.8. The van der Waals surface area contributed by atoms with Crippen molar-refractivity contribution >= 4 is 11.7 Å². The van der Waals surface area contributed by atoms with Gasteiger partial charge in [0.25, 0.3) is 0 Å². The van der Waals surface area contributed by atoms with Crippen molar-refractivity contribution in [2.24, 2.45) is 0 Å². The van der Waals surface area contributed by atoms with Gasteiger partial charge in [-0.3, -0.25) is 0 Å². The standard InChI is InChI=1S/C14H17NO2/c1-2-17-14(16)13-9-10-5-3-4-6-12(10)15(13)11-7-8-11/h3-6,11,13H,2,7-9H2,1H3. The number of hydrogen-bond acceptors (Lipinski definition) is 3. The Hall–Kier alpha value is -1.51. The van der Waals surface area contributed by atoms with Gasteiger partial charge in [0.2, 0.25) is 0 Å². The van der Waals surface area contributed by atoms with Crippen LogP contribution < -0.4 is 4.90 Å². The fourth-order valence-corrected chi connectivity index (χ4v) is 2.65. The summed E-state index contributed by atoms with van der Waals surface area (Å²) >= 11 is 0. The quantitative estimate of drug-likeness (QED) is 0.746. The summed E-state index contributed by atoms with van der Waals surface area (Å²) in [6.07, 6.45) is 3.19. The molecule has 90 valence electrons. The third-order valence-electron chi connectivity index (χ3n) is 3.52. The van der Waals surface area contributed by atoms with Crippen molar-refractivity contribution in [1.29, 1.82) is 0 Å². The Morgan fingerprint density at radius 3 is 2.88 bits per heavy atom. The van der Waals surface area contributed by atoms with Crippen LogP contribution in [0.25, 0.3) is 0 Å². The molecule has 0 bridgehead atoms. The largest absolute Gasteiger partial charge is 0.464 e. The highest BCUT2D eigenvalue weighted by atomic mass is 16.5. The SMILES string of the molecule is CCOC(=O)C1Cc2ccccc2N1C1CC1. The molecule has 3 rings (SSSR count).